The number of nitrogens with two attached hydrogens (primary N) is 1. The number of aliphatic hydroxyl groups excluding tert-OH is 2. The van der Waals surface area contributed by atoms with Crippen LogP contribution in [0.1, 0.15) is 32.1 Å². The van der Waals surface area contributed by atoms with Crippen molar-refractivity contribution in [1.82, 2.24) is 0 Å². The third-order valence-electron chi connectivity index (χ3n) is 7.81. The van der Waals surface area contributed by atoms with E-state index in [0.29, 0.717) is 13.0 Å². The number of nitrogens with zero attached hydrogens (tertiary/aromatic N) is 2. The molecular formula is C27H37F2N3O2. The Morgan fingerprint density at radius 3 is 1.38 bits per heavy atom. The van der Waals surface area contributed by atoms with Gasteiger partial charge in [0.1, 0.15) is 11.6 Å². The Bertz CT molecular complexity index is 808. The molecule has 2 atom stereocenters. The van der Waals surface area contributed by atoms with Gasteiger partial charge in [0.15, 0.2) is 0 Å². The molecule has 0 aliphatic carbocycles. The van der Waals surface area contributed by atoms with Gasteiger partial charge in [-0.3, -0.25) is 0 Å². The molecule has 186 valence electrons. The summed E-state index contributed by atoms with van der Waals surface area (Å²) in [5.74, 6) is -0.494. The molecule has 0 spiro atoms. The molecule has 34 heavy (non-hydrogen) atoms. The van der Waals surface area contributed by atoms with E-state index < -0.39 is 12.2 Å². The van der Waals surface area contributed by atoms with E-state index in [1.807, 2.05) is 0 Å². The molecule has 2 heterocycles. The van der Waals surface area contributed by atoms with E-state index in [2.05, 4.69) is 9.80 Å². The molecule has 0 amide bonds. The second kappa shape index (κ2) is 11.5. The number of hydrogen-bond donors (Lipinski definition) is 3. The van der Waals surface area contributed by atoms with Crippen LogP contribution in [-0.4, -0.2) is 55.1 Å². The van der Waals surface area contributed by atoms with Crippen molar-refractivity contribution in [2.45, 2.75) is 44.3 Å². The summed E-state index contributed by atoms with van der Waals surface area (Å²) in [6.45, 7) is 3.63. The van der Waals surface area contributed by atoms with E-state index in [9.17, 15) is 19.0 Å². The molecule has 2 aliphatic heterocycles. The van der Waals surface area contributed by atoms with E-state index in [1.54, 1.807) is 24.3 Å². The molecule has 0 aromatic heterocycles. The predicted molar refractivity (Wildman–Crippen MR) is 132 cm³/mol. The van der Waals surface area contributed by atoms with E-state index in [-0.39, 0.29) is 29.4 Å². The third kappa shape index (κ3) is 5.88. The van der Waals surface area contributed by atoms with Gasteiger partial charge in [-0.1, -0.05) is 0 Å². The normalized spacial score (nSPS) is 20.9. The second-order valence-electron chi connectivity index (χ2n) is 9.82. The number of anilines is 2. The van der Waals surface area contributed by atoms with Crippen molar-refractivity contribution in [3.05, 3.63) is 60.2 Å². The van der Waals surface area contributed by atoms with E-state index >= 15 is 0 Å². The monoisotopic (exact) mass is 473 g/mol. The van der Waals surface area contributed by atoms with Gasteiger partial charge in [-0.2, -0.15) is 0 Å². The minimum Gasteiger partial charge on any atom is -0.392 e. The Hall–Kier alpha value is -2.22. The van der Waals surface area contributed by atoms with Gasteiger partial charge in [-0.25, -0.2) is 8.78 Å². The highest BCUT2D eigenvalue weighted by molar-refractivity contribution is 5.47. The molecule has 2 unspecified atom stereocenters. The molecule has 4 rings (SSSR count). The third-order valence-corrected chi connectivity index (χ3v) is 7.81. The first kappa shape index (κ1) is 24.9. The summed E-state index contributed by atoms with van der Waals surface area (Å²) in [5, 5.41) is 22.6. The summed E-state index contributed by atoms with van der Waals surface area (Å²) in [6.07, 6.45) is 2.72. The van der Waals surface area contributed by atoms with Crippen molar-refractivity contribution in [2.75, 3.05) is 42.5 Å². The van der Waals surface area contributed by atoms with Crippen molar-refractivity contribution in [3.63, 3.8) is 0 Å². The molecule has 5 nitrogen and oxygen atoms in total. The predicted octanol–water partition coefficient (Wildman–Crippen LogP) is 3.78. The maximum absolute atomic E-state index is 13.2. The van der Waals surface area contributed by atoms with Gasteiger partial charge < -0.3 is 25.7 Å². The van der Waals surface area contributed by atoms with Gasteiger partial charge in [-0.05, 0) is 99.0 Å². The van der Waals surface area contributed by atoms with Gasteiger partial charge in [0.05, 0.1) is 12.2 Å². The minimum atomic E-state index is -0.593. The number of benzene rings is 2. The minimum absolute atomic E-state index is 0.113. The van der Waals surface area contributed by atoms with Crippen LogP contribution in [0.3, 0.4) is 0 Å². The molecule has 2 fully saturated rings. The van der Waals surface area contributed by atoms with Crippen LogP contribution in [0.4, 0.5) is 20.2 Å². The Balaban J connectivity index is 1.32. The molecule has 0 radical (unpaired) electrons. The molecule has 2 aromatic rings. The van der Waals surface area contributed by atoms with Crippen molar-refractivity contribution < 1.29 is 19.0 Å². The summed E-state index contributed by atoms with van der Waals surface area (Å²) < 4.78 is 26.5. The quantitative estimate of drug-likeness (QED) is 0.544. The average Bonchev–Trinajstić information content (AvgIpc) is 2.88. The zero-order valence-corrected chi connectivity index (χ0v) is 19.7. The Morgan fingerprint density at radius 2 is 1.06 bits per heavy atom. The summed E-state index contributed by atoms with van der Waals surface area (Å²) in [5.41, 5.74) is 7.89. The molecule has 2 aromatic carbocycles. The van der Waals surface area contributed by atoms with Crippen molar-refractivity contribution in [2.24, 2.45) is 23.5 Å². The van der Waals surface area contributed by atoms with Crippen LogP contribution in [0.5, 0.6) is 0 Å². The molecule has 7 heteroatoms. The van der Waals surface area contributed by atoms with Gasteiger partial charge in [-0.15, -0.1) is 0 Å². The first-order chi connectivity index (χ1) is 16.5. The maximum Gasteiger partial charge on any atom is 0.123 e. The molecule has 4 N–H and O–H groups in total. The largest absolute Gasteiger partial charge is 0.392 e. The van der Waals surface area contributed by atoms with Gasteiger partial charge in [0, 0.05) is 43.5 Å². The van der Waals surface area contributed by atoms with Crippen molar-refractivity contribution in [1.29, 1.82) is 0 Å². The fraction of sp³-hybridized carbons (Fsp3) is 0.556. The van der Waals surface area contributed by atoms with Crippen LogP contribution >= 0.6 is 0 Å². The summed E-state index contributed by atoms with van der Waals surface area (Å²) in [4.78, 5) is 4.45. The number of piperidine rings is 2. The molecule has 0 saturated carbocycles. The molecular weight excluding hydrogens is 436 g/mol. The van der Waals surface area contributed by atoms with Crippen LogP contribution in [0.15, 0.2) is 48.5 Å². The van der Waals surface area contributed by atoms with Gasteiger partial charge in [0.2, 0.25) is 0 Å². The highest BCUT2D eigenvalue weighted by Gasteiger charge is 2.38. The topological polar surface area (TPSA) is 73.0 Å². The smallest absolute Gasteiger partial charge is 0.123 e. The van der Waals surface area contributed by atoms with E-state index in [1.165, 1.54) is 24.3 Å². The first-order valence-corrected chi connectivity index (χ1v) is 12.5. The summed E-state index contributed by atoms with van der Waals surface area (Å²) in [6, 6.07) is 13.1. The highest BCUT2D eigenvalue weighted by Crippen LogP contribution is 2.35. The number of rotatable bonds is 8. The van der Waals surface area contributed by atoms with Crippen molar-refractivity contribution in [3.8, 4) is 0 Å². The molecule has 0 bridgehead atoms. The van der Waals surface area contributed by atoms with Crippen LogP contribution in [0, 0.1) is 29.4 Å². The lowest BCUT2D eigenvalue weighted by Crippen LogP contribution is -2.47. The molecule has 2 saturated heterocycles. The fourth-order valence-electron chi connectivity index (χ4n) is 5.74. The Kier molecular flexibility index (Phi) is 8.40. The average molecular weight is 474 g/mol. The lowest BCUT2D eigenvalue weighted by Gasteiger charge is -2.42. The molecule has 2 aliphatic rings. The number of hydrogen-bond acceptors (Lipinski definition) is 5. The SMILES string of the molecule is NCCC(C(O)C1CCN(c2ccc(F)cc2)CC1)C(O)C1CCN(c2ccc(F)cc2)CC1. The zero-order chi connectivity index (χ0) is 24.1. The Morgan fingerprint density at radius 1 is 0.706 bits per heavy atom. The first-order valence-electron chi connectivity index (χ1n) is 12.5. The van der Waals surface area contributed by atoms with Crippen LogP contribution < -0.4 is 15.5 Å². The Labute approximate surface area is 201 Å². The highest BCUT2D eigenvalue weighted by atomic mass is 19.1. The lowest BCUT2D eigenvalue weighted by atomic mass is 9.75. The number of halogens is 2. The zero-order valence-electron chi connectivity index (χ0n) is 19.7. The van der Waals surface area contributed by atoms with Crippen LogP contribution in [0.25, 0.3) is 0 Å². The summed E-state index contributed by atoms with van der Waals surface area (Å²) in [7, 11) is 0. The van der Waals surface area contributed by atoms with E-state index in [4.69, 9.17) is 5.73 Å². The van der Waals surface area contributed by atoms with Gasteiger partial charge in [0.25, 0.3) is 0 Å². The number of aliphatic hydroxyl groups is 2. The summed E-state index contributed by atoms with van der Waals surface area (Å²) >= 11 is 0. The lowest BCUT2D eigenvalue weighted by molar-refractivity contribution is -0.0536. The van der Waals surface area contributed by atoms with Gasteiger partial charge >= 0.3 is 0 Å². The van der Waals surface area contributed by atoms with Crippen LogP contribution in [0.2, 0.25) is 0 Å². The fourth-order valence-corrected chi connectivity index (χ4v) is 5.74. The standard InChI is InChI=1S/C27H37F2N3O2/c28-21-1-5-23(6-2-21)31-15-10-19(11-16-31)26(33)25(9-14-30)27(34)20-12-17-32(18-13-20)24-7-3-22(29)4-8-24/h1-8,19-20,25-27,33-34H,9-18,30H2. The van der Waals surface area contributed by atoms with Crippen molar-refractivity contribution >= 4 is 11.4 Å². The maximum atomic E-state index is 13.2. The van der Waals surface area contributed by atoms with E-state index in [0.717, 1.165) is 63.2 Å². The van der Waals surface area contributed by atoms with Crippen LogP contribution in [-0.2, 0) is 0 Å². The second-order valence-corrected chi connectivity index (χ2v) is 9.82.